The summed E-state index contributed by atoms with van der Waals surface area (Å²) in [5, 5.41) is 4.08. The number of thiocarbonyl (C=S) groups is 1. The van der Waals surface area contributed by atoms with Crippen LogP contribution in [0.25, 0.3) is 0 Å². The van der Waals surface area contributed by atoms with E-state index in [2.05, 4.69) is 29.3 Å². The lowest BCUT2D eigenvalue weighted by atomic mass is 10.1. The lowest BCUT2D eigenvalue weighted by Gasteiger charge is -2.34. The van der Waals surface area contributed by atoms with Gasteiger partial charge in [-0.3, -0.25) is 0 Å². The highest BCUT2D eigenvalue weighted by Crippen LogP contribution is 2.17. The molecule has 0 spiro atoms. The van der Waals surface area contributed by atoms with Gasteiger partial charge < -0.3 is 10.2 Å². The van der Waals surface area contributed by atoms with Gasteiger partial charge in [-0.2, -0.15) is 0 Å². The molecule has 1 aromatic carbocycles. The van der Waals surface area contributed by atoms with Crippen molar-refractivity contribution in [3.05, 3.63) is 30.3 Å². The smallest absolute Gasteiger partial charge is 0.173 e. The fourth-order valence-corrected chi connectivity index (χ4v) is 1.91. The third-order valence-electron chi connectivity index (χ3n) is 2.41. The Hall–Kier alpha value is -1.09. The second-order valence-corrected chi connectivity index (χ2v) is 4.12. The van der Waals surface area contributed by atoms with E-state index in [0.717, 1.165) is 18.2 Å². The lowest BCUT2D eigenvalue weighted by Crippen LogP contribution is -2.50. The molecule has 1 N–H and O–H groups in total. The Kier molecular flexibility index (Phi) is 2.68. The normalized spacial score (nSPS) is 21.9. The number of anilines is 1. The molecule has 3 heteroatoms. The third kappa shape index (κ3) is 1.87. The summed E-state index contributed by atoms with van der Waals surface area (Å²) in [7, 11) is 0. The quantitative estimate of drug-likeness (QED) is 0.708. The lowest BCUT2D eigenvalue weighted by molar-refractivity contribution is 0.544. The molecule has 0 bridgehead atoms. The van der Waals surface area contributed by atoms with Gasteiger partial charge >= 0.3 is 0 Å². The minimum Gasteiger partial charge on any atom is -0.362 e. The summed E-state index contributed by atoms with van der Waals surface area (Å²) in [5.74, 6) is 0.641. The molecule has 1 fully saturated rings. The summed E-state index contributed by atoms with van der Waals surface area (Å²) in [6.45, 7) is 4.22. The average molecular weight is 206 g/mol. The van der Waals surface area contributed by atoms with Gasteiger partial charge in [0.15, 0.2) is 5.11 Å². The predicted molar refractivity (Wildman–Crippen MR) is 63.6 cm³/mol. The third-order valence-corrected chi connectivity index (χ3v) is 2.77. The number of hydrogen-bond donors (Lipinski definition) is 1. The van der Waals surface area contributed by atoms with Crippen LogP contribution in [-0.4, -0.2) is 18.2 Å². The van der Waals surface area contributed by atoms with Crippen LogP contribution in [0.2, 0.25) is 0 Å². The summed E-state index contributed by atoms with van der Waals surface area (Å²) >= 11 is 5.28. The molecule has 14 heavy (non-hydrogen) atoms. The second kappa shape index (κ2) is 3.96. The molecule has 1 aromatic rings. The molecule has 0 aromatic heterocycles. The van der Waals surface area contributed by atoms with Crippen molar-refractivity contribution < 1.29 is 0 Å². The summed E-state index contributed by atoms with van der Waals surface area (Å²) in [6.07, 6.45) is 0. The molecule has 1 heterocycles. The minimum absolute atomic E-state index is 0.641. The molecule has 0 radical (unpaired) electrons. The largest absolute Gasteiger partial charge is 0.362 e. The Morgan fingerprint density at radius 3 is 2.79 bits per heavy atom. The number of rotatable bonds is 1. The van der Waals surface area contributed by atoms with Gasteiger partial charge in [0, 0.05) is 18.8 Å². The fourth-order valence-electron chi connectivity index (χ4n) is 1.65. The van der Waals surface area contributed by atoms with Crippen LogP contribution in [0.15, 0.2) is 30.3 Å². The standard InChI is InChI=1S/C11H14N2S/c1-9-7-12-11(14)13(8-9)10-5-3-2-4-6-10/h2-6,9H,7-8H2,1H3,(H,12,14). The number of nitrogens with zero attached hydrogens (tertiary/aromatic N) is 1. The fraction of sp³-hybridized carbons (Fsp3) is 0.364. The van der Waals surface area contributed by atoms with Crippen molar-refractivity contribution in [3.63, 3.8) is 0 Å². The van der Waals surface area contributed by atoms with Gasteiger partial charge in [0.2, 0.25) is 0 Å². The Morgan fingerprint density at radius 1 is 1.36 bits per heavy atom. The molecule has 1 aliphatic rings. The van der Waals surface area contributed by atoms with Crippen LogP contribution in [0.4, 0.5) is 5.69 Å². The van der Waals surface area contributed by atoms with E-state index in [1.165, 1.54) is 5.69 Å². The van der Waals surface area contributed by atoms with Crippen LogP contribution < -0.4 is 10.2 Å². The Morgan fingerprint density at radius 2 is 2.07 bits per heavy atom. The first kappa shape index (κ1) is 9.46. The molecule has 1 unspecified atom stereocenters. The number of nitrogens with one attached hydrogen (secondary N) is 1. The van der Waals surface area contributed by atoms with Gasteiger partial charge in [0.1, 0.15) is 0 Å². The molecule has 0 aliphatic carbocycles. The van der Waals surface area contributed by atoms with Crippen LogP contribution in [0.5, 0.6) is 0 Å². The van der Waals surface area contributed by atoms with E-state index in [1.54, 1.807) is 0 Å². The van der Waals surface area contributed by atoms with Gasteiger partial charge in [-0.05, 0) is 30.3 Å². The second-order valence-electron chi connectivity index (χ2n) is 3.74. The van der Waals surface area contributed by atoms with E-state index in [4.69, 9.17) is 12.2 Å². The SMILES string of the molecule is CC1CNC(=S)N(c2ccccc2)C1. The number of hydrogen-bond acceptors (Lipinski definition) is 1. The Labute approximate surface area is 89.9 Å². The van der Waals surface area contributed by atoms with Crippen LogP contribution in [0.3, 0.4) is 0 Å². The monoisotopic (exact) mass is 206 g/mol. The number of para-hydroxylation sites is 1. The molecule has 1 aliphatic heterocycles. The van der Waals surface area contributed by atoms with E-state index < -0.39 is 0 Å². The van der Waals surface area contributed by atoms with Crippen molar-refractivity contribution in [1.29, 1.82) is 0 Å². The maximum atomic E-state index is 5.28. The van der Waals surface area contributed by atoms with Gasteiger partial charge in [-0.1, -0.05) is 25.1 Å². The van der Waals surface area contributed by atoms with Crippen LogP contribution in [-0.2, 0) is 0 Å². The number of benzene rings is 1. The maximum absolute atomic E-state index is 5.28. The minimum atomic E-state index is 0.641. The molecule has 2 rings (SSSR count). The summed E-state index contributed by atoms with van der Waals surface area (Å²) in [5.41, 5.74) is 1.18. The first-order valence-electron chi connectivity index (χ1n) is 4.88. The molecular formula is C11H14N2S. The predicted octanol–water partition coefficient (Wildman–Crippen LogP) is 2.02. The Balaban J connectivity index is 2.20. The highest BCUT2D eigenvalue weighted by molar-refractivity contribution is 7.80. The van der Waals surface area contributed by atoms with E-state index >= 15 is 0 Å². The van der Waals surface area contributed by atoms with Gasteiger partial charge in [0.05, 0.1) is 0 Å². The first-order valence-corrected chi connectivity index (χ1v) is 5.28. The van der Waals surface area contributed by atoms with Crippen molar-refractivity contribution in [2.75, 3.05) is 18.0 Å². The highest BCUT2D eigenvalue weighted by atomic mass is 32.1. The van der Waals surface area contributed by atoms with E-state index in [9.17, 15) is 0 Å². The summed E-state index contributed by atoms with van der Waals surface area (Å²) < 4.78 is 0. The van der Waals surface area contributed by atoms with Crippen molar-refractivity contribution in [3.8, 4) is 0 Å². The zero-order valence-electron chi connectivity index (χ0n) is 8.23. The molecule has 0 amide bonds. The zero-order chi connectivity index (χ0) is 9.97. The van der Waals surface area contributed by atoms with Crippen molar-refractivity contribution >= 4 is 23.0 Å². The molecule has 74 valence electrons. The van der Waals surface area contributed by atoms with Crippen molar-refractivity contribution in [1.82, 2.24) is 5.32 Å². The zero-order valence-corrected chi connectivity index (χ0v) is 9.05. The molecule has 2 nitrogen and oxygen atoms in total. The highest BCUT2D eigenvalue weighted by Gasteiger charge is 2.20. The molecule has 1 atom stereocenters. The summed E-state index contributed by atoms with van der Waals surface area (Å²) in [6, 6.07) is 10.3. The van der Waals surface area contributed by atoms with Crippen LogP contribution in [0.1, 0.15) is 6.92 Å². The van der Waals surface area contributed by atoms with Gasteiger partial charge in [-0.25, -0.2) is 0 Å². The van der Waals surface area contributed by atoms with Crippen molar-refractivity contribution in [2.45, 2.75) is 6.92 Å². The maximum Gasteiger partial charge on any atom is 0.173 e. The molecular weight excluding hydrogens is 192 g/mol. The molecule has 1 saturated heterocycles. The summed E-state index contributed by atoms with van der Waals surface area (Å²) in [4.78, 5) is 2.16. The van der Waals surface area contributed by atoms with Gasteiger partial charge in [-0.15, -0.1) is 0 Å². The van der Waals surface area contributed by atoms with Crippen LogP contribution >= 0.6 is 12.2 Å². The van der Waals surface area contributed by atoms with Crippen LogP contribution in [0, 0.1) is 5.92 Å². The van der Waals surface area contributed by atoms with E-state index in [0.29, 0.717) is 5.92 Å². The Bertz CT molecular complexity index is 323. The van der Waals surface area contributed by atoms with Crippen molar-refractivity contribution in [2.24, 2.45) is 5.92 Å². The van der Waals surface area contributed by atoms with E-state index in [-0.39, 0.29) is 0 Å². The van der Waals surface area contributed by atoms with Gasteiger partial charge in [0.25, 0.3) is 0 Å². The molecule has 0 saturated carbocycles. The topological polar surface area (TPSA) is 15.3 Å². The first-order chi connectivity index (χ1) is 6.77. The average Bonchev–Trinajstić information content (AvgIpc) is 2.23. The van der Waals surface area contributed by atoms with E-state index in [1.807, 2.05) is 18.2 Å².